The Hall–Kier alpha value is -3.00. The van der Waals surface area contributed by atoms with E-state index in [-0.39, 0.29) is 11.8 Å². The van der Waals surface area contributed by atoms with Crippen molar-refractivity contribution >= 4 is 29.1 Å². The molecule has 0 bridgehead atoms. The zero-order valence-electron chi connectivity index (χ0n) is 15.8. The van der Waals surface area contributed by atoms with Crippen LogP contribution in [0.3, 0.4) is 0 Å². The summed E-state index contributed by atoms with van der Waals surface area (Å²) >= 11 is 0. The molecule has 1 N–H and O–H groups in total. The molecule has 146 valence electrons. The van der Waals surface area contributed by atoms with Gasteiger partial charge in [-0.15, -0.1) is 0 Å². The van der Waals surface area contributed by atoms with Crippen molar-refractivity contribution in [1.82, 2.24) is 14.9 Å². The van der Waals surface area contributed by atoms with Crippen LogP contribution in [0, 0.1) is 0 Å². The number of nitrogens with zero attached hydrogens (tertiary/aromatic N) is 5. The third-order valence-electron chi connectivity index (χ3n) is 5.11. The smallest absolute Gasteiger partial charge is 0.238 e. The van der Waals surface area contributed by atoms with Gasteiger partial charge in [0.25, 0.3) is 0 Å². The van der Waals surface area contributed by atoms with E-state index in [1.807, 2.05) is 24.3 Å². The van der Waals surface area contributed by atoms with Gasteiger partial charge in [0.05, 0.1) is 6.54 Å². The van der Waals surface area contributed by atoms with Gasteiger partial charge < -0.3 is 15.1 Å². The van der Waals surface area contributed by atoms with Crippen LogP contribution < -0.4 is 15.1 Å². The first-order valence-corrected chi connectivity index (χ1v) is 9.64. The number of aromatic nitrogens is 2. The molecule has 2 aliphatic rings. The molecule has 1 aromatic heterocycles. The van der Waals surface area contributed by atoms with Gasteiger partial charge in [-0.25, -0.2) is 9.97 Å². The van der Waals surface area contributed by atoms with Gasteiger partial charge in [-0.2, -0.15) is 0 Å². The lowest BCUT2D eigenvalue weighted by molar-refractivity contribution is -0.118. The van der Waals surface area contributed by atoms with Gasteiger partial charge in [0, 0.05) is 62.9 Å². The Morgan fingerprint density at radius 2 is 1.71 bits per heavy atom. The molecular weight excluding hydrogens is 356 g/mol. The minimum Gasteiger partial charge on any atom is -0.338 e. The molecule has 0 spiro atoms. The van der Waals surface area contributed by atoms with Crippen molar-refractivity contribution in [1.29, 1.82) is 0 Å². The van der Waals surface area contributed by atoms with Crippen LogP contribution in [0.2, 0.25) is 0 Å². The van der Waals surface area contributed by atoms with Gasteiger partial charge in [-0.1, -0.05) is 0 Å². The number of piperazine rings is 1. The first-order chi connectivity index (χ1) is 13.7. The Morgan fingerprint density at radius 3 is 2.36 bits per heavy atom. The van der Waals surface area contributed by atoms with Gasteiger partial charge in [0.1, 0.15) is 0 Å². The molecule has 3 heterocycles. The summed E-state index contributed by atoms with van der Waals surface area (Å²) in [5.74, 6) is 0.870. The van der Waals surface area contributed by atoms with Crippen LogP contribution in [0.5, 0.6) is 0 Å². The van der Waals surface area contributed by atoms with Crippen molar-refractivity contribution in [3.8, 4) is 0 Å². The predicted octanol–water partition coefficient (Wildman–Crippen LogP) is 1.36. The van der Waals surface area contributed by atoms with Crippen LogP contribution in [0.25, 0.3) is 0 Å². The van der Waals surface area contributed by atoms with E-state index in [9.17, 15) is 9.59 Å². The maximum Gasteiger partial charge on any atom is 0.238 e. The SMILES string of the molecule is O=C(CN1CCN(c2ncccn2)CC1)Nc1ccc(N2CCCC2=O)cc1. The summed E-state index contributed by atoms with van der Waals surface area (Å²) in [6.45, 7) is 4.31. The van der Waals surface area contributed by atoms with Gasteiger partial charge in [-0.3, -0.25) is 14.5 Å². The predicted molar refractivity (Wildman–Crippen MR) is 107 cm³/mol. The summed E-state index contributed by atoms with van der Waals surface area (Å²) in [6, 6.07) is 9.28. The minimum absolute atomic E-state index is 0.0330. The summed E-state index contributed by atoms with van der Waals surface area (Å²) in [5, 5.41) is 2.94. The second kappa shape index (κ2) is 8.35. The minimum atomic E-state index is -0.0330. The van der Waals surface area contributed by atoms with E-state index in [0.29, 0.717) is 13.0 Å². The van der Waals surface area contributed by atoms with E-state index in [4.69, 9.17) is 0 Å². The molecule has 2 saturated heterocycles. The highest BCUT2D eigenvalue weighted by atomic mass is 16.2. The van der Waals surface area contributed by atoms with Crippen molar-refractivity contribution in [2.75, 3.05) is 54.4 Å². The maximum atomic E-state index is 12.4. The van der Waals surface area contributed by atoms with E-state index < -0.39 is 0 Å². The Bertz CT molecular complexity index is 818. The summed E-state index contributed by atoms with van der Waals surface area (Å²) in [4.78, 5) is 38.8. The molecule has 28 heavy (non-hydrogen) atoms. The monoisotopic (exact) mass is 380 g/mol. The number of carbonyl (C=O) groups is 2. The highest BCUT2D eigenvalue weighted by molar-refractivity contribution is 5.96. The third kappa shape index (κ3) is 4.28. The molecule has 2 aromatic rings. The number of hydrogen-bond donors (Lipinski definition) is 1. The first kappa shape index (κ1) is 18.4. The average Bonchev–Trinajstić information content (AvgIpc) is 3.16. The van der Waals surface area contributed by atoms with Gasteiger partial charge in [-0.05, 0) is 36.8 Å². The maximum absolute atomic E-state index is 12.4. The first-order valence-electron chi connectivity index (χ1n) is 9.64. The van der Waals surface area contributed by atoms with Gasteiger partial charge >= 0.3 is 0 Å². The number of nitrogens with one attached hydrogen (secondary N) is 1. The van der Waals surface area contributed by atoms with Crippen molar-refractivity contribution in [2.45, 2.75) is 12.8 Å². The zero-order valence-corrected chi connectivity index (χ0v) is 15.8. The lowest BCUT2D eigenvalue weighted by Gasteiger charge is -2.34. The summed E-state index contributed by atoms with van der Waals surface area (Å²) < 4.78 is 0. The fraction of sp³-hybridized carbons (Fsp3) is 0.400. The Kier molecular flexibility index (Phi) is 5.48. The molecule has 2 aliphatic heterocycles. The molecule has 0 radical (unpaired) electrons. The lowest BCUT2D eigenvalue weighted by Crippen LogP contribution is -2.49. The van der Waals surface area contributed by atoms with Gasteiger partial charge in [0.15, 0.2) is 0 Å². The molecule has 2 fully saturated rings. The normalized spacial score (nSPS) is 17.8. The van der Waals surface area contributed by atoms with Crippen LogP contribution in [0.1, 0.15) is 12.8 Å². The van der Waals surface area contributed by atoms with Crippen LogP contribution in [0.4, 0.5) is 17.3 Å². The van der Waals surface area contributed by atoms with E-state index in [2.05, 4.69) is 25.1 Å². The van der Waals surface area contributed by atoms with Gasteiger partial charge in [0.2, 0.25) is 17.8 Å². The summed E-state index contributed by atoms with van der Waals surface area (Å²) in [6.07, 6.45) is 5.00. The van der Waals surface area contributed by atoms with Crippen LogP contribution >= 0.6 is 0 Å². The number of carbonyl (C=O) groups excluding carboxylic acids is 2. The number of hydrogen-bond acceptors (Lipinski definition) is 6. The van der Waals surface area contributed by atoms with Crippen LogP contribution in [0.15, 0.2) is 42.7 Å². The molecule has 1 aromatic carbocycles. The third-order valence-corrected chi connectivity index (χ3v) is 5.11. The molecular formula is C20H24N6O2. The van der Waals surface area contributed by atoms with Crippen LogP contribution in [-0.2, 0) is 9.59 Å². The van der Waals surface area contributed by atoms with E-state index in [0.717, 1.165) is 56.5 Å². The molecule has 2 amide bonds. The van der Waals surface area contributed by atoms with Crippen molar-refractivity contribution < 1.29 is 9.59 Å². The quantitative estimate of drug-likeness (QED) is 0.844. The second-order valence-electron chi connectivity index (χ2n) is 7.06. The fourth-order valence-electron chi connectivity index (χ4n) is 3.61. The van der Waals surface area contributed by atoms with E-state index >= 15 is 0 Å². The molecule has 0 saturated carbocycles. The highest BCUT2D eigenvalue weighted by Gasteiger charge is 2.22. The summed E-state index contributed by atoms with van der Waals surface area (Å²) in [7, 11) is 0. The average molecular weight is 380 g/mol. The van der Waals surface area contributed by atoms with Crippen molar-refractivity contribution in [3.05, 3.63) is 42.7 Å². The lowest BCUT2D eigenvalue weighted by atomic mass is 10.2. The summed E-state index contributed by atoms with van der Waals surface area (Å²) in [5.41, 5.74) is 1.64. The number of amides is 2. The fourth-order valence-corrected chi connectivity index (χ4v) is 3.61. The number of benzene rings is 1. The largest absolute Gasteiger partial charge is 0.338 e. The number of anilines is 3. The molecule has 0 aliphatic carbocycles. The Balaban J connectivity index is 1.25. The molecule has 4 rings (SSSR count). The Morgan fingerprint density at radius 1 is 1.00 bits per heavy atom. The molecule has 8 nitrogen and oxygen atoms in total. The molecule has 0 atom stereocenters. The second-order valence-corrected chi connectivity index (χ2v) is 7.06. The van der Waals surface area contributed by atoms with Crippen LogP contribution in [-0.4, -0.2) is 66.0 Å². The standard InChI is InChI=1S/C20H24N6O2/c27-18(15-24-11-13-25(14-12-24)20-21-8-2-9-22-20)23-16-4-6-17(7-5-16)26-10-1-3-19(26)28/h2,4-9H,1,3,10-15H2,(H,23,27). The van der Waals surface area contributed by atoms with E-state index in [1.54, 1.807) is 23.4 Å². The zero-order chi connectivity index (χ0) is 19.3. The molecule has 8 heteroatoms. The van der Waals surface area contributed by atoms with E-state index in [1.165, 1.54) is 0 Å². The van der Waals surface area contributed by atoms with Crippen molar-refractivity contribution in [2.24, 2.45) is 0 Å². The molecule has 0 unspecified atom stereocenters. The Labute approximate surface area is 164 Å². The number of rotatable bonds is 5. The topological polar surface area (TPSA) is 81.7 Å². The van der Waals surface area contributed by atoms with Crippen molar-refractivity contribution in [3.63, 3.8) is 0 Å². The highest BCUT2D eigenvalue weighted by Crippen LogP contribution is 2.23.